The van der Waals surface area contributed by atoms with Crippen LogP contribution in [0.1, 0.15) is 6.92 Å². The third-order valence-electron chi connectivity index (χ3n) is 1.52. The van der Waals surface area contributed by atoms with Gasteiger partial charge in [0.15, 0.2) is 17.6 Å². The lowest BCUT2D eigenvalue weighted by Gasteiger charge is -2.10. The Morgan fingerprint density at radius 1 is 1.46 bits per heavy atom. The maximum absolute atomic E-state index is 10.4. The van der Waals surface area contributed by atoms with E-state index in [4.69, 9.17) is 9.84 Å². The monoisotopic (exact) mass is 182 g/mol. The molecule has 1 aromatic carbocycles. The smallest absolute Gasteiger partial charge is 0.344 e. The van der Waals surface area contributed by atoms with Gasteiger partial charge in [-0.1, -0.05) is 12.1 Å². The van der Waals surface area contributed by atoms with Gasteiger partial charge in [-0.2, -0.15) is 0 Å². The molecule has 4 heteroatoms. The number of phenols is 1. The van der Waals surface area contributed by atoms with Gasteiger partial charge in [-0.3, -0.25) is 0 Å². The van der Waals surface area contributed by atoms with E-state index in [0.717, 1.165) is 0 Å². The average Bonchev–Trinajstić information content (AvgIpc) is 2.08. The molecule has 0 heterocycles. The summed E-state index contributed by atoms with van der Waals surface area (Å²) in [4.78, 5) is 10.4. The molecular weight excluding hydrogens is 172 g/mol. The van der Waals surface area contributed by atoms with E-state index >= 15 is 0 Å². The van der Waals surface area contributed by atoms with Crippen molar-refractivity contribution in [3.05, 3.63) is 24.3 Å². The molecular formula is C9H10O4. The van der Waals surface area contributed by atoms with Crippen LogP contribution in [0, 0.1) is 0 Å². The Morgan fingerprint density at radius 3 is 2.62 bits per heavy atom. The van der Waals surface area contributed by atoms with Gasteiger partial charge in [0.1, 0.15) is 0 Å². The number of benzene rings is 1. The summed E-state index contributed by atoms with van der Waals surface area (Å²) in [6.45, 7) is 1.40. The van der Waals surface area contributed by atoms with E-state index in [2.05, 4.69) is 0 Å². The zero-order valence-electron chi connectivity index (χ0n) is 7.10. The first-order chi connectivity index (χ1) is 6.11. The van der Waals surface area contributed by atoms with Crippen LogP contribution in [0.2, 0.25) is 0 Å². The fraction of sp³-hybridized carbons (Fsp3) is 0.222. The van der Waals surface area contributed by atoms with Crippen molar-refractivity contribution in [2.75, 3.05) is 0 Å². The molecule has 0 fully saturated rings. The summed E-state index contributed by atoms with van der Waals surface area (Å²) >= 11 is 0. The Bertz CT molecular complexity index is 308. The molecule has 0 radical (unpaired) electrons. The Labute approximate surface area is 75.4 Å². The highest BCUT2D eigenvalue weighted by molar-refractivity contribution is 5.72. The molecule has 2 N–H and O–H groups in total. The van der Waals surface area contributed by atoms with Crippen LogP contribution in [0.3, 0.4) is 0 Å². The number of phenolic OH excluding ortho intramolecular Hbond substituents is 1. The van der Waals surface area contributed by atoms with Gasteiger partial charge in [-0.25, -0.2) is 4.79 Å². The number of aliphatic carboxylic acids is 1. The summed E-state index contributed by atoms with van der Waals surface area (Å²) in [5.74, 6) is -0.948. The minimum atomic E-state index is -1.07. The van der Waals surface area contributed by atoms with E-state index in [0.29, 0.717) is 0 Å². The minimum absolute atomic E-state index is 0.0596. The first kappa shape index (κ1) is 9.38. The van der Waals surface area contributed by atoms with Gasteiger partial charge in [0.05, 0.1) is 0 Å². The van der Waals surface area contributed by atoms with E-state index in [1.165, 1.54) is 19.1 Å². The summed E-state index contributed by atoms with van der Waals surface area (Å²) in [5.41, 5.74) is 0. The predicted molar refractivity (Wildman–Crippen MR) is 45.8 cm³/mol. The normalized spacial score (nSPS) is 12.1. The minimum Gasteiger partial charge on any atom is -0.504 e. The van der Waals surface area contributed by atoms with E-state index in [-0.39, 0.29) is 11.5 Å². The van der Waals surface area contributed by atoms with Gasteiger partial charge in [0.25, 0.3) is 0 Å². The number of para-hydroxylation sites is 2. The predicted octanol–water partition coefficient (Wildman–Crippen LogP) is 1.24. The first-order valence-corrected chi connectivity index (χ1v) is 3.78. The summed E-state index contributed by atoms with van der Waals surface area (Å²) in [6.07, 6.45) is -0.965. The topological polar surface area (TPSA) is 66.8 Å². The Balaban J connectivity index is 2.74. The number of hydrogen-bond donors (Lipinski definition) is 2. The van der Waals surface area contributed by atoms with Crippen molar-refractivity contribution in [2.24, 2.45) is 0 Å². The summed E-state index contributed by atoms with van der Waals surface area (Å²) in [7, 11) is 0. The molecule has 0 aliphatic heterocycles. The van der Waals surface area contributed by atoms with Crippen LogP contribution in [0.25, 0.3) is 0 Å². The Kier molecular flexibility index (Phi) is 2.74. The van der Waals surface area contributed by atoms with Crippen LogP contribution in [0.5, 0.6) is 11.5 Å². The SMILES string of the molecule is C[C@@H](Oc1ccccc1O)C(=O)O. The highest BCUT2D eigenvalue weighted by Crippen LogP contribution is 2.25. The van der Waals surface area contributed by atoms with Gasteiger partial charge >= 0.3 is 5.97 Å². The lowest BCUT2D eigenvalue weighted by atomic mass is 10.3. The molecule has 0 aromatic heterocycles. The van der Waals surface area contributed by atoms with Crippen LogP contribution in [0.4, 0.5) is 0 Å². The molecule has 0 aliphatic carbocycles. The maximum atomic E-state index is 10.4. The summed E-state index contributed by atoms with van der Waals surface area (Å²) in [5, 5.41) is 17.8. The summed E-state index contributed by atoms with van der Waals surface area (Å²) < 4.78 is 4.96. The zero-order chi connectivity index (χ0) is 9.84. The van der Waals surface area contributed by atoms with E-state index < -0.39 is 12.1 Å². The van der Waals surface area contributed by atoms with Crippen molar-refractivity contribution < 1.29 is 19.7 Å². The highest BCUT2D eigenvalue weighted by Gasteiger charge is 2.13. The molecule has 0 saturated carbocycles. The molecule has 1 aromatic rings. The van der Waals surface area contributed by atoms with Crippen LogP contribution >= 0.6 is 0 Å². The van der Waals surface area contributed by atoms with Gasteiger partial charge in [0.2, 0.25) is 0 Å². The third-order valence-corrected chi connectivity index (χ3v) is 1.52. The second kappa shape index (κ2) is 3.80. The van der Waals surface area contributed by atoms with Crippen LogP contribution in [-0.4, -0.2) is 22.3 Å². The Morgan fingerprint density at radius 2 is 2.08 bits per heavy atom. The van der Waals surface area contributed by atoms with Gasteiger partial charge in [-0.15, -0.1) is 0 Å². The molecule has 0 saturated heterocycles. The van der Waals surface area contributed by atoms with Crippen LogP contribution in [0.15, 0.2) is 24.3 Å². The zero-order valence-corrected chi connectivity index (χ0v) is 7.10. The molecule has 0 bridgehead atoms. The second-order valence-electron chi connectivity index (χ2n) is 2.57. The molecule has 4 nitrogen and oxygen atoms in total. The van der Waals surface area contributed by atoms with E-state index in [1.807, 2.05) is 0 Å². The molecule has 0 unspecified atom stereocenters. The molecule has 70 valence electrons. The van der Waals surface area contributed by atoms with Crippen molar-refractivity contribution in [2.45, 2.75) is 13.0 Å². The van der Waals surface area contributed by atoms with Crippen molar-refractivity contribution in [3.8, 4) is 11.5 Å². The molecule has 0 spiro atoms. The molecule has 1 rings (SSSR count). The average molecular weight is 182 g/mol. The van der Waals surface area contributed by atoms with Gasteiger partial charge in [-0.05, 0) is 19.1 Å². The van der Waals surface area contributed by atoms with E-state index in [9.17, 15) is 9.90 Å². The largest absolute Gasteiger partial charge is 0.504 e. The second-order valence-corrected chi connectivity index (χ2v) is 2.57. The lowest BCUT2D eigenvalue weighted by molar-refractivity contribution is -0.144. The quantitative estimate of drug-likeness (QED) is 0.738. The highest BCUT2D eigenvalue weighted by atomic mass is 16.5. The fourth-order valence-corrected chi connectivity index (χ4v) is 0.798. The number of aromatic hydroxyl groups is 1. The molecule has 1 atom stereocenters. The standard InChI is InChI=1S/C9H10O4/c1-6(9(11)12)13-8-5-3-2-4-7(8)10/h2-6,10H,1H3,(H,11,12)/t6-/m1/s1. The summed E-state index contributed by atoms with van der Waals surface area (Å²) in [6, 6.07) is 6.23. The molecule has 13 heavy (non-hydrogen) atoms. The number of carbonyl (C=O) groups is 1. The number of hydrogen-bond acceptors (Lipinski definition) is 3. The van der Waals surface area contributed by atoms with Crippen molar-refractivity contribution in [1.29, 1.82) is 0 Å². The number of carboxylic acids is 1. The molecule has 0 amide bonds. The van der Waals surface area contributed by atoms with Gasteiger partial charge in [0, 0.05) is 0 Å². The number of rotatable bonds is 3. The van der Waals surface area contributed by atoms with E-state index in [1.54, 1.807) is 12.1 Å². The van der Waals surface area contributed by atoms with Gasteiger partial charge < -0.3 is 14.9 Å². The first-order valence-electron chi connectivity index (χ1n) is 3.78. The van der Waals surface area contributed by atoms with Crippen LogP contribution < -0.4 is 4.74 Å². The van der Waals surface area contributed by atoms with Crippen molar-refractivity contribution >= 4 is 5.97 Å². The number of ether oxygens (including phenoxy) is 1. The fourth-order valence-electron chi connectivity index (χ4n) is 0.798. The van der Waals surface area contributed by atoms with Crippen molar-refractivity contribution in [3.63, 3.8) is 0 Å². The number of carboxylic acid groups (broad SMARTS) is 1. The molecule has 0 aliphatic rings. The third kappa shape index (κ3) is 2.37. The lowest BCUT2D eigenvalue weighted by Crippen LogP contribution is -2.22. The van der Waals surface area contributed by atoms with Crippen LogP contribution in [-0.2, 0) is 4.79 Å². The Hall–Kier alpha value is -1.71. The maximum Gasteiger partial charge on any atom is 0.344 e. The van der Waals surface area contributed by atoms with Crippen molar-refractivity contribution in [1.82, 2.24) is 0 Å².